The third kappa shape index (κ3) is 7.50. The molecule has 216 valence electrons. The summed E-state index contributed by atoms with van der Waals surface area (Å²) in [7, 11) is 0. The van der Waals surface area contributed by atoms with Crippen LogP contribution in [0.3, 0.4) is 0 Å². The number of pyridine rings is 1. The maximum atomic E-state index is 11.1. The van der Waals surface area contributed by atoms with Crippen molar-refractivity contribution in [3.05, 3.63) is 63.5 Å². The molecule has 0 bridgehead atoms. The second-order valence-corrected chi connectivity index (χ2v) is 13.2. The van der Waals surface area contributed by atoms with Crippen LogP contribution < -0.4 is 0 Å². The number of fused-ring (bicyclic) bond motifs is 3. The van der Waals surface area contributed by atoms with Crippen LogP contribution >= 0.6 is 0 Å². The molecule has 2 aliphatic carbocycles. The first kappa shape index (κ1) is 33.0. The van der Waals surface area contributed by atoms with E-state index in [1.54, 1.807) is 0 Å². The molecule has 0 saturated carbocycles. The van der Waals surface area contributed by atoms with Gasteiger partial charge in [-0.3, -0.25) is 4.98 Å². The molecule has 1 aromatic heterocycles. The highest BCUT2D eigenvalue weighted by atomic mass is 16.3. The average Bonchev–Trinajstić information content (AvgIpc) is 2.89. The Morgan fingerprint density at radius 3 is 2.03 bits per heavy atom. The molecule has 1 aromatic carbocycles. The Labute approximate surface area is 238 Å². The lowest BCUT2D eigenvalue weighted by Gasteiger charge is -2.40. The number of nitriles is 1. The molecule has 0 spiro atoms. The Bertz CT molecular complexity index is 1120. The predicted molar refractivity (Wildman–Crippen MR) is 163 cm³/mol. The first-order chi connectivity index (χ1) is 18.2. The molecule has 39 heavy (non-hydrogen) atoms. The summed E-state index contributed by atoms with van der Waals surface area (Å²) in [6.45, 7) is 23.2. The second kappa shape index (κ2) is 13.4. The number of nitrogens with zero attached hydrogens (tertiary/aromatic N) is 2. The Kier molecular flexibility index (Phi) is 11.4. The standard InChI is InChI=1S/C28H36N2O2.C5H12.C2H6/c1-16(2)26-23-19(17-7-9-18(10-8-17)28(5,6)15-29)11-12-21(31)25(23)24-20(30-26)13-27(3,4)14-22(24)32;1-4-5(2)3;1-2/h7-10,16,19,21-22,31-32H,11-14H2,1-6H3;5H,4H2,1-3H3;1-2H3. The molecule has 0 amide bonds. The molecule has 3 atom stereocenters. The lowest BCUT2D eigenvalue weighted by Crippen LogP contribution is -2.31. The van der Waals surface area contributed by atoms with Gasteiger partial charge in [-0.05, 0) is 79.0 Å². The van der Waals surface area contributed by atoms with E-state index in [2.05, 4.69) is 78.8 Å². The van der Waals surface area contributed by atoms with Crippen LogP contribution in [0.2, 0.25) is 0 Å². The molecule has 0 radical (unpaired) electrons. The summed E-state index contributed by atoms with van der Waals surface area (Å²) in [5.74, 6) is 1.24. The Morgan fingerprint density at radius 2 is 1.54 bits per heavy atom. The van der Waals surface area contributed by atoms with Gasteiger partial charge in [-0.1, -0.05) is 93.0 Å². The summed E-state index contributed by atoms with van der Waals surface area (Å²) < 4.78 is 0. The summed E-state index contributed by atoms with van der Waals surface area (Å²) >= 11 is 0. The molecule has 3 unspecified atom stereocenters. The number of aromatic nitrogens is 1. The van der Waals surface area contributed by atoms with E-state index in [-0.39, 0.29) is 17.3 Å². The molecule has 2 N–H and O–H groups in total. The third-order valence-corrected chi connectivity index (χ3v) is 8.24. The van der Waals surface area contributed by atoms with Crippen molar-refractivity contribution in [2.24, 2.45) is 11.3 Å². The van der Waals surface area contributed by atoms with E-state index in [0.717, 1.165) is 52.4 Å². The lowest BCUT2D eigenvalue weighted by molar-refractivity contribution is 0.0881. The zero-order valence-electron chi connectivity index (χ0n) is 26.5. The minimum Gasteiger partial charge on any atom is -0.388 e. The first-order valence-electron chi connectivity index (χ1n) is 15.2. The molecule has 2 aromatic rings. The summed E-state index contributed by atoms with van der Waals surface area (Å²) in [6.07, 6.45) is 3.17. The maximum absolute atomic E-state index is 11.1. The number of rotatable bonds is 4. The molecule has 2 aliphatic rings. The first-order valence-corrected chi connectivity index (χ1v) is 15.2. The normalized spacial score (nSPS) is 21.5. The number of hydrogen-bond donors (Lipinski definition) is 2. The highest BCUT2D eigenvalue weighted by molar-refractivity contribution is 5.52. The molecule has 4 rings (SSSR count). The highest BCUT2D eigenvalue weighted by Gasteiger charge is 2.40. The zero-order chi connectivity index (χ0) is 29.7. The minimum absolute atomic E-state index is 0.00962. The van der Waals surface area contributed by atoms with Gasteiger partial charge in [0.05, 0.1) is 23.7 Å². The maximum Gasteiger partial charge on any atom is 0.0816 e. The van der Waals surface area contributed by atoms with Gasteiger partial charge in [0.1, 0.15) is 0 Å². The highest BCUT2D eigenvalue weighted by Crippen LogP contribution is 2.51. The summed E-state index contributed by atoms with van der Waals surface area (Å²) in [4.78, 5) is 5.14. The van der Waals surface area contributed by atoms with Crippen molar-refractivity contribution in [1.29, 1.82) is 5.26 Å². The fourth-order valence-electron chi connectivity index (χ4n) is 5.67. The molecule has 1 heterocycles. The average molecular weight is 535 g/mol. The van der Waals surface area contributed by atoms with Gasteiger partial charge < -0.3 is 10.2 Å². The van der Waals surface area contributed by atoms with Crippen LogP contribution in [0.25, 0.3) is 0 Å². The molecule has 4 heteroatoms. The molecular weight excluding hydrogens is 480 g/mol. The van der Waals surface area contributed by atoms with Gasteiger partial charge in [-0.15, -0.1) is 0 Å². The van der Waals surface area contributed by atoms with Crippen LogP contribution in [0.5, 0.6) is 0 Å². The van der Waals surface area contributed by atoms with Gasteiger partial charge >= 0.3 is 0 Å². The molecule has 4 nitrogen and oxygen atoms in total. The van der Waals surface area contributed by atoms with Gasteiger partial charge in [-0.2, -0.15) is 5.26 Å². The van der Waals surface area contributed by atoms with Crippen molar-refractivity contribution in [3.63, 3.8) is 0 Å². The van der Waals surface area contributed by atoms with Crippen LogP contribution in [0.1, 0.15) is 165 Å². The fraction of sp³-hybridized carbons (Fsp3) is 0.657. The number of hydrogen-bond acceptors (Lipinski definition) is 4. The SMILES string of the molecule is CC.CC(C)c1nc2c(c3c1C(c1ccc(C(C)(C)C#N)cc1)CCC3O)C(O)CC(C)(C)C2.CCC(C)C. The van der Waals surface area contributed by atoms with E-state index < -0.39 is 17.6 Å². The van der Waals surface area contributed by atoms with Gasteiger partial charge in [0, 0.05) is 22.9 Å². The van der Waals surface area contributed by atoms with Crippen LogP contribution in [0, 0.1) is 22.7 Å². The lowest BCUT2D eigenvalue weighted by atomic mass is 9.68. The van der Waals surface area contributed by atoms with E-state index in [0.29, 0.717) is 12.8 Å². The van der Waals surface area contributed by atoms with Crippen molar-refractivity contribution < 1.29 is 10.2 Å². The van der Waals surface area contributed by atoms with Crippen LogP contribution in [-0.2, 0) is 11.8 Å². The van der Waals surface area contributed by atoms with E-state index in [9.17, 15) is 15.5 Å². The predicted octanol–water partition coefficient (Wildman–Crippen LogP) is 9.05. The van der Waals surface area contributed by atoms with E-state index in [4.69, 9.17) is 4.98 Å². The number of aliphatic hydroxyl groups excluding tert-OH is 2. The zero-order valence-corrected chi connectivity index (χ0v) is 26.5. The number of aliphatic hydroxyl groups is 2. The van der Waals surface area contributed by atoms with Crippen molar-refractivity contribution in [3.8, 4) is 6.07 Å². The van der Waals surface area contributed by atoms with Crippen molar-refractivity contribution in [1.82, 2.24) is 4.98 Å². The molecule has 0 saturated heterocycles. The van der Waals surface area contributed by atoms with Gasteiger partial charge in [0.15, 0.2) is 0 Å². The monoisotopic (exact) mass is 534 g/mol. The Hall–Kier alpha value is -2.22. The fourth-order valence-corrected chi connectivity index (χ4v) is 5.67. The topological polar surface area (TPSA) is 77.1 Å². The summed E-state index contributed by atoms with van der Waals surface area (Å²) in [5, 5.41) is 31.8. The van der Waals surface area contributed by atoms with Crippen LogP contribution in [0.15, 0.2) is 24.3 Å². The quantitative estimate of drug-likeness (QED) is 0.410. The molecule has 0 fully saturated rings. The third-order valence-electron chi connectivity index (χ3n) is 8.24. The van der Waals surface area contributed by atoms with Crippen molar-refractivity contribution >= 4 is 0 Å². The van der Waals surface area contributed by atoms with Crippen LogP contribution in [-0.4, -0.2) is 15.2 Å². The smallest absolute Gasteiger partial charge is 0.0816 e. The molecular formula is C35H54N2O2. The molecule has 0 aliphatic heterocycles. The minimum atomic E-state index is -0.594. The van der Waals surface area contributed by atoms with Gasteiger partial charge in [-0.25, -0.2) is 0 Å². The van der Waals surface area contributed by atoms with Crippen molar-refractivity contribution in [2.45, 2.75) is 138 Å². The Morgan fingerprint density at radius 1 is 0.974 bits per heavy atom. The van der Waals surface area contributed by atoms with E-state index in [1.165, 1.54) is 12.0 Å². The van der Waals surface area contributed by atoms with Crippen LogP contribution in [0.4, 0.5) is 0 Å². The van der Waals surface area contributed by atoms with Gasteiger partial charge in [0.25, 0.3) is 0 Å². The summed E-state index contributed by atoms with van der Waals surface area (Å²) in [6, 6.07) is 10.7. The van der Waals surface area contributed by atoms with Gasteiger partial charge in [0.2, 0.25) is 0 Å². The Balaban J connectivity index is 0.000000686. The van der Waals surface area contributed by atoms with E-state index >= 15 is 0 Å². The largest absolute Gasteiger partial charge is 0.388 e. The van der Waals surface area contributed by atoms with E-state index in [1.807, 2.05) is 27.7 Å². The summed E-state index contributed by atoms with van der Waals surface area (Å²) in [5.41, 5.74) is 6.58. The second-order valence-electron chi connectivity index (χ2n) is 13.2. The number of benzene rings is 1. The van der Waals surface area contributed by atoms with Crippen molar-refractivity contribution in [2.75, 3.05) is 0 Å².